The van der Waals surface area contributed by atoms with Gasteiger partial charge in [-0.15, -0.1) is 0 Å². The van der Waals surface area contributed by atoms with Crippen LogP contribution >= 0.6 is 11.6 Å². The van der Waals surface area contributed by atoms with Crippen LogP contribution in [0.25, 0.3) is 0 Å². The van der Waals surface area contributed by atoms with Crippen molar-refractivity contribution in [1.29, 1.82) is 5.26 Å². The van der Waals surface area contributed by atoms with E-state index >= 15 is 0 Å². The van der Waals surface area contributed by atoms with Crippen LogP contribution in [-0.4, -0.2) is 19.8 Å². The molecule has 1 N–H and O–H groups in total. The van der Waals surface area contributed by atoms with Gasteiger partial charge in [-0.05, 0) is 30.5 Å². The van der Waals surface area contributed by atoms with Crippen molar-refractivity contribution in [3.63, 3.8) is 0 Å². The maximum absolute atomic E-state index is 8.74. The van der Waals surface area contributed by atoms with E-state index in [4.69, 9.17) is 21.6 Å². The van der Waals surface area contributed by atoms with E-state index in [1.807, 2.05) is 24.3 Å². The molecule has 1 aromatic rings. The summed E-state index contributed by atoms with van der Waals surface area (Å²) in [6, 6.07) is 9.98. The Bertz CT molecular complexity index is 404. The number of halogens is 1. The molecule has 4 heteroatoms. The largest absolute Gasteiger partial charge is 0.381 e. The van der Waals surface area contributed by atoms with Gasteiger partial charge in [0.25, 0.3) is 0 Å². The summed E-state index contributed by atoms with van der Waals surface area (Å²) in [5.41, 5.74) is 1.04. The van der Waals surface area contributed by atoms with Crippen molar-refractivity contribution in [3.05, 3.63) is 34.9 Å². The fraction of sp³-hybridized carbons (Fsp3) is 0.462. The number of hydrogen-bond donors (Lipinski definition) is 1. The summed E-state index contributed by atoms with van der Waals surface area (Å²) in [6.07, 6.45) is 1.77. The molecular weight excluding hydrogens is 236 g/mol. The summed E-state index contributed by atoms with van der Waals surface area (Å²) in [6.45, 7) is 1.80. The summed E-state index contributed by atoms with van der Waals surface area (Å²) < 4.78 is 5.40. The molecule has 0 atom stereocenters. The highest BCUT2D eigenvalue weighted by Crippen LogP contribution is 2.32. The fourth-order valence-electron chi connectivity index (χ4n) is 2.27. The molecular formula is C13H15ClN2O. The summed E-state index contributed by atoms with van der Waals surface area (Å²) in [5, 5.41) is 12.8. The van der Waals surface area contributed by atoms with E-state index in [0.29, 0.717) is 6.54 Å². The molecule has 2 rings (SSSR count). The van der Waals surface area contributed by atoms with Gasteiger partial charge in [0.05, 0.1) is 12.6 Å². The number of nitrogens with zero attached hydrogens (tertiary/aromatic N) is 1. The van der Waals surface area contributed by atoms with E-state index in [0.717, 1.165) is 31.1 Å². The summed E-state index contributed by atoms with van der Waals surface area (Å²) >= 11 is 5.90. The lowest BCUT2D eigenvalue weighted by atomic mass is 9.82. The SMILES string of the molecule is N#CCNC1(c2ccc(Cl)cc2)CCOCC1. The van der Waals surface area contributed by atoms with Gasteiger partial charge in [0, 0.05) is 23.8 Å². The Balaban J connectivity index is 2.25. The van der Waals surface area contributed by atoms with Crippen molar-refractivity contribution >= 4 is 11.6 Å². The molecule has 1 heterocycles. The van der Waals surface area contributed by atoms with Crippen molar-refractivity contribution in [2.75, 3.05) is 19.8 Å². The minimum absolute atomic E-state index is 0.140. The molecule has 0 saturated carbocycles. The highest BCUT2D eigenvalue weighted by molar-refractivity contribution is 6.30. The predicted molar refractivity (Wildman–Crippen MR) is 66.8 cm³/mol. The second-order valence-electron chi connectivity index (χ2n) is 4.21. The van der Waals surface area contributed by atoms with Gasteiger partial charge in [0.2, 0.25) is 0 Å². The molecule has 0 amide bonds. The van der Waals surface area contributed by atoms with Gasteiger partial charge in [-0.25, -0.2) is 0 Å². The van der Waals surface area contributed by atoms with Crippen LogP contribution in [0.4, 0.5) is 0 Å². The van der Waals surface area contributed by atoms with E-state index in [1.165, 1.54) is 5.56 Å². The third-order valence-corrected chi connectivity index (χ3v) is 3.50. The molecule has 90 valence electrons. The Kier molecular flexibility index (Phi) is 4.01. The summed E-state index contributed by atoms with van der Waals surface area (Å²) in [7, 11) is 0. The predicted octanol–water partition coefficient (Wildman–Crippen LogP) is 2.46. The molecule has 1 aliphatic heterocycles. The minimum atomic E-state index is -0.140. The molecule has 0 spiro atoms. The molecule has 1 saturated heterocycles. The van der Waals surface area contributed by atoms with Crippen LogP contribution in [0.5, 0.6) is 0 Å². The van der Waals surface area contributed by atoms with Crippen molar-refractivity contribution in [1.82, 2.24) is 5.32 Å². The third kappa shape index (κ3) is 2.78. The number of ether oxygens (including phenoxy) is 1. The fourth-order valence-corrected chi connectivity index (χ4v) is 2.39. The van der Waals surface area contributed by atoms with Crippen LogP contribution in [0.1, 0.15) is 18.4 Å². The zero-order chi connectivity index (χ0) is 12.1. The van der Waals surface area contributed by atoms with E-state index in [2.05, 4.69) is 11.4 Å². The van der Waals surface area contributed by atoms with Crippen LogP contribution in [0, 0.1) is 11.3 Å². The van der Waals surface area contributed by atoms with Gasteiger partial charge < -0.3 is 4.74 Å². The summed E-state index contributed by atoms with van der Waals surface area (Å²) in [4.78, 5) is 0. The van der Waals surface area contributed by atoms with Gasteiger partial charge >= 0.3 is 0 Å². The van der Waals surface area contributed by atoms with Crippen LogP contribution in [0.3, 0.4) is 0 Å². The first-order valence-electron chi connectivity index (χ1n) is 5.73. The lowest BCUT2D eigenvalue weighted by molar-refractivity contribution is 0.0383. The van der Waals surface area contributed by atoms with E-state index in [-0.39, 0.29) is 5.54 Å². The highest BCUT2D eigenvalue weighted by atomic mass is 35.5. The summed E-state index contributed by atoms with van der Waals surface area (Å²) in [5.74, 6) is 0. The number of rotatable bonds is 3. The van der Waals surface area contributed by atoms with Crippen molar-refractivity contribution < 1.29 is 4.74 Å². The first kappa shape index (κ1) is 12.4. The molecule has 0 unspecified atom stereocenters. The second-order valence-corrected chi connectivity index (χ2v) is 4.65. The Morgan fingerprint density at radius 3 is 2.53 bits per heavy atom. The zero-order valence-electron chi connectivity index (χ0n) is 9.58. The van der Waals surface area contributed by atoms with Crippen LogP contribution in [-0.2, 0) is 10.3 Å². The Morgan fingerprint density at radius 2 is 1.94 bits per heavy atom. The van der Waals surface area contributed by atoms with Gasteiger partial charge in [-0.1, -0.05) is 23.7 Å². The molecule has 0 aliphatic carbocycles. The zero-order valence-corrected chi connectivity index (χ0v) is 10.3. The number of nitrogens with one attached hydrogen (secondary N) is 1. The van der Waals surface area contributed by atoms with Gasteiger partial charge in [0.15, 0.2) is 0 Å². The number of benzene rings is 1. The number of nitriles is 1. The molecule has 0 bridgehead atoms. The van der Waals surface area contributed by atoms with E-state index in [1.54, 1.807) is 0 Å². The average Bonchev–Trinajstić information content (AvgIpc) is 2.38. The highest BCUT2D eigenvalue weighted by Gasteiger charge is 2.33. The van der Waals surface area contributed by atoms with Crippen molar-refractivity contribution in [3.8, 4) is 6.07 Å². The van der Waals surface area contributed by atoms with Crippen LogP contribution < -0.4 is 5.32 Å². The van der Waals surface area contributed by atoms with Crippen LogP contribution in [0.15, 0.2) is 24.3 Å². The van der Waals surface area contributed by atoms with Crippen molar-refractivity contribution in [2.24, 2.45) is 0 Å². The molecule has 1 aromatic carbocycles. The van der Waals surface area contributed by atoms with Gasteiger partial charge in [-0.3, -0.25) is 5.32 Å². The number of hydrogen-bond acceptors (Lipinski definition) is 3. The second kappa shape index (κ2) is 5.50. The Hall–Kier alpha value is -1.08. The Labute approximate surface area is 106 Å². The quantitative estimate of drug-likeness (QED) is 0.839. The smallest absolute Gasteiger partial charge is 0.0847 e. The molecule has 0 radical (unpaired) electrons. The molecule has 0 aromatic heterocycles. The standard InChI is InChI=1S/C13H15ClN2O/c14-12-3-1-11(2-4-12)13(16-8-7-15)5-9-17-10-6-13/h1-4,16H,5-6,8-10H2. The lowest BCUT2D eigenvalue weighted by Gasteiger charge is -2.38. The first-order chi connectivity index (χ1) is 8.27. The van der Waals surface area contributed by atoms with E-state index in [9.17, 15) is 0 Å². The first-order valence-corrected chi connectivity index (χ1v) is 6.10. The maximum Gasteiger partial charge on any atom is 0.0847 e. The molecule has 1 fully saturated rings. The minimum Gasteiger partial charge on any atom is -0.381 e. The van der Waals surface area contributed by atoms with Crippen molar-refractivity contribution in [2.45, 2.75) is 18.4 Å². The molecule has 1 aliphatic rings. The maximum atomic E-state index is 8.74. The molecule has 3 nitrogen and oxygen atoms in total. The van der Waals surface area contributed by atoms with Gasteiger partial charge in [0.1, 0.15) is 0 Å². The average molecular weight is 251 g/mol. The van der Waals surface area contributed by atoms with Crippen LogP contribution in [0.2, 0.25) is 5.02 Å². The normalized spacial score (nSPS) is 18.6. The Morgan fingerprint density at radius 1 is 1.29 bits per heavy atom. The van der Waals surface area contributed by atoms with E-state index < -0.39 is 0 Å². The van der Waals surface area contributed by atoms with Gasteiger partial charge in [-0.2, -0.15) is 5.26 Å². The topological polar surface area (TPSA) is 45.0 Å². The third-order valence-electron chi connectivity index (χ3n) is 3.25. The lowest BCUT2D eigenvalue weighted by Crippen LogP contribution is -2.46. The molecule has 17 heavy (non-hydrogen) atoms. The monoisotopic (exact) mass is 250 g/mol.